The second kappa shape index (κ2) is 12.4. The summed E-state index contributed by atoms with van der Waals surface area (Å²) in [7, 11) is 0. The summed E-state index contributed by atoms with van der Waals surface area (Å²) in [6.45, 7) is 1.35. The number of nitrogens with one attached hydrogen (secondary N) is 3. The third kappa shape index (κ3) is 9.49. The minimum absolute atomic E-state index is 0.0596. The zero-order chi connectivity index (χ0) is 21.1. The lowest BCUT2D eigenvalue weighted by Crippen LogP contribution is -2.56. The normalized spacial score (nSPS) is 15.0. The number of carboxylic acids is 2. The molecular weight excluding hydrogens is 400 g/mol. The molecule has 4 unspecified atom stereocenters. The summed E-state index contributed by atoms with van der Waals surface area (Å²) in [4.78, 5) is 57.9. The Morgan fingerprint density at radius 1 is 0.889 bits per heavy atom. The Morgan fingerprint density at radius 2 is 1.44 bits per heavy atom. The minimum Gasteiger partial charge on any atom is -0.481 e. The highest BCUT2D eigenvalue weighted by atomic mass is 32.1. The van der Waals surface area contributed by atoms with Gasteiger partial charge in [-0.25, -0.2) is 4.79 Å². The van der Waals surface area contributed by atoms with Gasteiger partial charge in [-0.3, -0.25) is 19.2 Å². The molecule has 0 radical (unpaired) electrons. The fraction of sp³-hybridized carbons (Fsp3) is 0.643. The van der Waals surface area contributed by atoms with E-state index in [1.165, 1.54) is 6.92 Å². The highest BCUT2D eigenvalue weighted by molar-refractivity contribution is 7.80. The van der Waals surface area contributed by atoms with Gasteiger partial charge in [-0.05, 0) is 13.3 Å². The number of rotatable bonds is 12. The van der Waals surface area contributed by atoms with Crippen LogP contribution in [-0.4, -0.2) is 75.5 Å². The van der Waals surface area contributed by atoms with Crippen LogP contribution in [-0.2, 0) is 24.0 Å². The Bertz CT molecular complexity index is 576. The fourth-order valence-corrected chi connectivity index (χ4v) is 2.17. The van der Waals surface area contributed by atoms with Crippen LogP contribution in [0.1, 0.15) is 19.8 Å². The van der Waals surface area contributed by atoms with Gasteiger partial charge in [0, 0.05) is 17.9 Å². The van der Waals surface area contributed by atoms with E-state index in [0.29, 0.717) is 0 Å². The fourth-order valence-electron chi connectivity index (χ4n) is 1.76. The van der Waals surface area contributed by atoms with Crippen LogP contribution in [0.15, 0.2) is 0 Å². The Morgan fingerprint density at radius 3 is 1.89 bits per heavy atom. The van der Waals surface area contributed by atoms with E-state index in [-0.39, 0.29) is 17.9 Å². The molecule has 0 fully saturated rings. The molecule has 0 spiro atoms. The van der Waals surface area contributed by atoms with E-state index in [2.05, 4.69) is 41.2 Å². The molecule has 4 atom stereocenters. The summed E-state index contributed by atoms with van der Waals surface area (Å²) in [5.41, 5.74) is 5.48. The number of nitrogens with two attached hydrogens (primary N) is 1. The van der Waals surface area contributed by atoms with Crippen molar-refractivity contribution < 1.29 is 34.2 Å². The Labute approximate surface area is 166 Å². The van der Waals surface area contributed by atoms with Crippen molar-refractivity contribution in [2.45, 2.75) is 43.9 Å². The number of carbonyl (C=O) groups is 5. The quantitative estimate of drug-likeness (QED) is 0.159. The van der Waals surface area contributed by atoms with Crippen molar-refractivity contribution in [3.05, 3.63) is 0 Å². The second-order valence-corrected chi connectivity index (χ2v) is 6.33. The number of aliphatic carboxylic acids is 2. The molecule has 0 saturated heterocycles. The highest BCUT2D eigenvalue weighted by Gasteiger charge is 2.28. The third-order valence-electron chi connectivity index (χ3n) is 3.36. The first-order valence-corrected chi connectivity index (χ1v) is 9.12. The average molecular weight is 425 g/mol. The molecule has 11 nitrogen and oxygen atoms in total. The molecule has 7 N–H and O–H groups in total. The molecule has 0 rings (SSSR count). The predicted octanol–water partition coefficient (Wildman–Crippen LogP) is -2.40. The molecule has 0 aliphatic rings. The second-order valence-electron chi connectivity index (χ2n) is 5.59. The Hall–Kier alpha value is -1.99. The van der Waals surface area contributed by atoms with Gasteiger partial charge in [0.2, 0.25) is 17.7 Å². The summed E-state index contributed by atoms with van der Waals surface area (Å²) < 4.78 is 0. The van der Waals surface area contributed by atoms with E-state index < -0.39 is 60.2 Å². The predicted molar refractivity (Wildman–Crippen MR) is 102 cm³/mol. The van der Waals surface area contributed by atoms with Crippen LogP contribution in [0.25, 0.3) is 0 Å². The van der Waals surface area contributed by atoms with Crippen LogP contribution < -0.4 is 21.7 Å². The van der Waals surface area contributed by atoms with Crippen LogP contribution in [0, 0.1) is 0 Å². The molecule has 0 aromatic heterocycles. The van der Waals surface area contributed by atoms with Crippen LogP contribution in [0.5, 0.6) is 0 Å². The number of amides is 3. The summed E-state index contributed by atoms with van der Waals surface area (Å²) in [6, 6.07) is -4.62. The van der Waals surface area contributed by atoms with Crippen LogP contribution >= 0.6 is 25.3 Å². The van der Waals surface area contributed by atoms with E-state index in [1.54, 1.807) is 0 Å². The minimum atomic E-state index is -1.33. The number of hydrogen-bond donors (Lipinski definition) is 8. The average Bonchev–Trinajstić information content (AvgIpc) is 2.60. The maximum Gasteiger partial charge on any atom is 0.327 e. The first kappa shape index (κ1) is 25.0. The van der Waals surface area contributed by atoms with E-state index in [1.807, 2.05) is 0 Å². The summed E-state index contributed by atoms with van der Waals surface area (Å²) in [5, 5.41) is 24.5. The van der Waals surface area contributed by atoms with Gasteiger partial charge in [0.1, 0.15) is 18.1 Å². The van der Waals surface area contributed by atoms with Crippen molar-refractivity contribution in [1.29, 1.82) is 0 Å². The Kier molecular flexibility index (Phi) is 11.5. The largest absolute Gasteiger partial charge is 0.481 e. The monoisotopic (exact) mass is 424 g/mol. The highest BCUT2D eigenvalue weighted by Crippen LogP contribution is 2.01. The summed E-state index contributed by atoms with van der Waals surface area (Å²) in [5.74, 6) is -4.94. The lowest BCUT2D eigenvalue weighted by molar-refractivity contribution is -0.142. The summed E-state index contributed by atoms with van der Waals surface area (Å²) >= 11 is 7.68. The van der Waals surface area contributed by atoms with Gasteiger partial charge in [0.15, 0.2) is 0 Å². The Balaban J connectivity index is 5.04. The smallest absolute Gasteiger partial charge is 0.327 e. The number of thiol groups is 2. The van der Waals surface area contributed by atoms with Gasteiger partial charge < -0.3 is 31.9 Å². The molecule has 13 heteroatoms. The van der Waals surface area contributed by atoms with Crippen molar-refractivity contribution >= 4 is 54.9 Å². The summed E-state index contributed by atoms with van der Waals surface area (Å²) in [6.07, 6.45) is -0.717. The molecule has 0 aliphatic carbocycles. The van der Waals surface area contributed by atoms with Gasteiger partial charge in [-0.15, -0.1) is 0 Å². The zero-order valence-corrected chi connectivity index (χ0v) is 16.3. The molecule has 0 heterocycles. The van der Waals surface area contributed by atoms with Crippen molar-refractivity contribution in [2.75, 3.05) is 11.5 Å². The molecule has 3 amide bonds. The molecule has 0 aliphatic heterocycles. The molecule has 27 heavy (non-hydrogen) atoms. The number of hydrogen-bond acceptors (Lipinski definition) is 8. The maximum absolute atomic E-state index is 12.2. The first-order chi connectivity index (χ1) is 12.5. The molecular formula is C14H24N4O7S2. The van der Waals surface area contributed by atoms with E-state index in [4.69, 9.17) is 15.9 Å². The van der Waals surface area contributed by atoms with Crippen molar-refractivity contribution in [3.8, 4) is 0 Å². The lowest BCUT2D eigenvalue weighted by Gasteiger charge is -2.23. The molecule has 0 bridgehead atoms. The first-order valence-electron chi connectivity index (χ1n) is 7.86. The van der Waals surface area contributed by atoms with E-state index in [0.717, 1.165) is 0 Å². The van der Waals surface area contributed by atoms with Gasteiger partial charge >= 0.3 is 11.9 Å². The SMILES string of the molecule is CC(NC(=O)C(N)CS)C(=O)NC(CCC(=O)O)C(=O)NC(CS)C(=O)O. The van der Waals surface area contributed by atoms with E-state index >= 15 is 0 Å². The van der Waals surface area contributed by atoms with Crippen molar-refractivity contribution in [2.24, 2.45) is 5.73 Å². The third-order valence-corrected chi connectivity index (χ3v) is 4.12. The maximum atomic E-state index is 12.2. The van der Waals surface area contributed by atoms with Gasteiger partial charge in [0.25, 0.3) is 0 Å². The number of carbonyl (C=O) groups excluding carboxylic acids is 3. The molecule has 0 aromatic carbocycles. The van der Waals surface area contributed by atoms with Crippen LogP contribution in [0.2, 0.25) is 0 Å². The van der Waals surface area contributed by atoms with Gasteiger partial charge in [-0.2, -0.15) is 25.3 Å². The topological polar surface area (TPSA) is 188 Å². The van der Waals surface area contributed by atoms with Crippen molar-refractivity contribution in [1.82, 2.24) is 16.0 Å². The lowest BCUT2D eigenvalue weighted by atomic mass is 10.1. The van der Waals surface area contributed by atoms with Gasteiger partial charge in [0.05, 0.1) is 6.04 Å². The van der Waals surface area contributed by atoms with E-state index in [9.17, 15) is 24.0 Å². The van der Waals surface area contributed by atoms with Crippen LogP contribution in [0.3, 0.4) is 0 Å². The molecule has 154 valence electrons. The van der Waals surface area contributed by atoms with Gasteiger partial charge in [-0.1, -0.05) is 0 Å². The molecule has 0 aromatic rings. The zero-order valence-electron chi connectivity index (χ0n) is 14.5. The van der Waals surface area contributed by atoms with Crippen molar-refractivity contribution in [3.63, 3.8) is 0 Å². The standard InChI is InChI=1S/C14H24N4O7S2/c1-6(16-12(22)7(15)4-26)11(21)17-8(2-3-10(19)20)13(23)18-9(5-27)14(24)25/h6-9,26-27H,2-5,15H2,1H3,(H,16,22)(H,17,21)(H,18,23)(H,19,20)(H,24,25). The van der Waals surface area contributed by atoms with Crippen LogP contribution in [0.4, 0.5) is 0 Å². The number of carboxylic acid groups (broad SMARTS) is 2. The molecule has 0 saturated carbocycles.